The smallest absolute Gasteiger partial charge is 0.376 e. The Morgan fingerprint density at radius 2 is 1.75 bits per heavy atom. The molecule has 0 saturated heterocycles. The van der Waals surface area contributed by atoms with Gasteiger partial charge in [0.15, 0.2) is 0 Å². The van der Waals surface area contributed by atoms with Gasteiger partial charge in [0.2, 0.25) is 11.9 Å². The Bertz CT molecular complexity index is 436. The van der Waals surface area contributed by atoms with Crippen molar-refractivity contribution in [1.82, 2.24) is 15.0 Å². The third-order valence-corrected chi connectivity index (χ3v) is 1.83. The van der Waals surface area contributed by atoms with Crippen LogP contribution in [0.15, 0.2) is 6.33 Å². The summed E-state index contributed by atoms with van der Waals surface area (Å²) in [6.07, 6.45) is -8.43. The van der Waals surface area contributed by atoms with Crippen LogP contribution >= 0.6 is 0 Å². The van der Waals surface area contributed by atoms with Crippen molar-refractivity contribution >= 4 is 11.9 Å². The lowest BCUT2D eigenvalue weighted by Crippen LogP contribution is -2.36. The van der Waals surface area contributed by atoms with Gasteiger partial charge in [-0.1, -0.05) is 0 Å². The van der Waals surface area contributed by atoms with Crippen molar-refractivity contribution in [2.24, 2.45) is 0 Å². The van der Waals surface area contributed by atoms with E-state index in [-0.39, 0.29) is 0 Å². The minimum atomic E-state index is -4.63. The third kappa shape index (κ3) is 5.86. The van der Waals surface area contributed by atoms with E-state index in [1.807, 2.05) is 0 Å². The van der Waals surface area contributed by atoms with E-state index >= 15 is 0 Å². The van der Waals surface area contributed by atoms with Gasteiger partial charge in [-0.3, -0.25) is 0 Å². The Labute approximate surface area is 108 Å². The van der Waals surface area contributed by atoms with Crippen LogP contribution in [0.1, 0.15) is 0 Å². The average Bonchev–Trinajstić information content (AvgIpc) is 2.32. The standard InChI is InChI=1S/C8H9F6N5O/c9-7(10,11)1-15-5-16-3-17-6(18-5)19(4-20)2-8(12,13)14/h3,20H,1-2,4H2,(H,15,16,17,18). The molecule has 6 nitrogen and oxygen atoms in total. The predicted molar refractivity (Wildman–Crippen MR) is 54.9 cm³/mol. The molecular formula is C8H9F6N5O. The highest BCUT2D eigenvalue weighted by Gasteiger charge is 2.32. The second-order valence-electron chi connectivity index (χ2n) is 3.53. The summed E-state index contributed by atoms with van der Waals surface area (Å²) in [5.74, 6) is -1.14. The maximum Gasteiger partial charge on any atom is 0.406 e. The molecule has 12 heteroatoms. The quantitative estimate of drug-likeness (QED) is 0.628. The Hall–Kier alpha value is -1.85. The van der Waals surface area contributed by atoms with Crippen molar-refractivity contribution in [1.29, 1.82) is 0 Å². The number of alkyl halides is 6. The van der Waals surface area contributed by atoms with Gasteiger partial charge in [-0.2, -0.15) is 31.3 Å². The van der Waals surface area contributed by atoms with E-state index in [2.05, 4.69) is 15.0 Å². The van der Waals surface area contributed by atoms with Crippen molar-refractivity contribution < 1.29 is 31.4 Å². The van der Waals surface area contributed by atoms with Crippen molar-refractivity contribution in [2.75, 3.05) is 30.0 Å². The average molecular weight is 305 g/mol. The summed E-state index contributed by atoms with van der Waals surface area (Å²) < 4.78 is 72.5. The van der Waals surface area contributed by atoms with Gasteiger partial charge in [-0.15, -0.1) is 0 Å². The SMILES string of the molecule is OCN(CC(F)(F)F)c1ncnc(NCC(F)(F)F)n1. The number of nitrogens with zero attached hydrogens (tertiary/aromatic N) is 4. The lowest BCUT2D eigenvalue weighted by molar-refractivity contribution is -0.121. The van der Waals surface area contributed by atoms with Crippen LogP contribution in [-0.4, -0.2) is 52.2 Å². The monoisotopic (exact) mass is 305 g/mol. The molecule has 1 aromatic heterocycles. The van der Waals surface area contributed by atoms with E-state index in [0.29, 0.717) is 4.90 Å². The van der Waals surface area contributed by atoms with Crippen LogP contribution in [-0.2, 0) is 0 Å². The highest BCUT2D eigenvalue weighted by Crippen LogP contribution is 2.20. The van der Waals surface area contributed by atoms with E-state index in [0.717, 1.165) is 6.33 Å². The highest BCUT2D eigenvalue weighted by molar-refractivity contribution is 5.35. The van der Waals surface area contributed by atoms with Crippen LogP contribution in [0.4, 0.5) is 38.2 Å². The first-order valence-corrected chi connectivity index (χ1v) is 5.03. The van der Waals surface area contributed by atoms with Gasteiger partial charge in [0.25, 0.3) is 0 Å². The van der Waals surface area contributed by atoms with Crippen molar-refractivity contribution in [2.45, 2.75) is 12.4 Å². The summed E-state index contributed by atoms with van der Waals surface area (Å²) in [4.78, 5) is 10.4. The Morgan fingerprint density at radius 1 is 1.10 bits per heavy atom. The molecule has 114 valence electrons. The van der Waals surface area contributed by atoms with Crippen LogP contribution in [0.2, 0.25) is 0 Å². The largest absolute Gasteiger partial charge is 0.406 e. The van der Waals surface area contributed by atoms with Gasteiger partial charge in [-0.25, -0.2) is 9.97 Å². The van der Waals surface area contributed by atoms with E-state index in [4.69, 9.17) is 5.11 Å². The molecule has 0 aliphatic heterocycles. The van der Waals surface area contributed by atoms with Crippen molar-refractivity contribution in [3.05, 3.63) is 6.33 Å². The van der Waals surface area contributed by atoms with Gasteiger partial charge in [0, 0.05) is 0 Å². The fourth-order valence-corrected chi connectivity index (χ4v) is 1.10. The van der Waals surface area contributed by atoms with Crippen LogP contribution in [0.5, 0.6) is 0 Å². The second kappa shape index (κ2) is 6.07. The van der Waals surface area contributed by atoms with Gasteiger partial charge in [-0.05, 0) is 0 Å². The van der Waals surface area contributed by atoms with Crippen LogP contribution in [0.25, 0.3) is 0 Å². The number of aliphatic hydroxyl groups is 1. The van der Waals surface area contributed by atoms with Gasteiger partial charge < -0.3 is 15.3 Å². The molecule has 2 N–H and O–H groups in total. The molecule has 0 aliphatic rings. The summed E-state index contributed by atoms with van der Waals surface area (Å²) >= 11 is 0. The number of aromatic nitrogens is 3. The zero-order valence-corrected chi connectivity index (χ0v) is 9.70. The number of nitrogens with one attached hydrogen (secondary N) is 1. The first-order chi connectivity index (χ1) is 9.11. The van der Waals surface area contributed by atoms with E-state index < -0.39 is 44.1 Å². The summed E-state index contributed by atoms with van der Waals surface area (Å²) in [5, 5.41) is 10.6. The molecule has 0 atom stereocenters. The molecule has 0 aromatic carbocycles. The molecule has 1 aromatic rings. The number of anilines is 2. The summed E-state index contributed by atoms with van der Waals surface area (Å²) in [6, 6.07) is 0. The topological polar surface area (TPSA) is 74.2 Å². The Balaban J connectivity index is 2.80. The summed E-state index contributed by atoms with van der Waals surface area (Å²) in [7, 11) is 0. The van der Waals surface area contributed by atoms with Crippen molar-refractivity contribution in [3.8, 4) is 0 Å². The van der Waals surface area contributed by atoms with Gasteiger partial charge in [0.05, 0.1) is 0 Å². The Kier molecular flexibility index (Phi) is 4.92. The van der Waals surface area contributed by atoms with Crippen molar-refractivity contribution in [3.63, 3.8) is 0 Å². The Morgan fingerprint density at radius 3 is 2.25 bits per heavy atom. The van der Waals surface area contributed by atoms with Crippen LogP contribution < -0.4 is 10.2 Å². The molecule has 0 saturated carbocycles. The van der Waals surface area contributed by atoms with E-state index in [9.17, 15) is 26.3 Å². The first-order valence-electron chi connectivity index (χ1n) is 5.03. The number of hydrogen-bond donors (Lipinski definition) is 2. The van der Waals surface area contributed by atoms with Crippen LogP contribution in [0.3, 0.4) is 0 Å². The molecule has 1 rings (SSSR count). The molecule has 0 fully saturated rings. The number of aliphatic hydroxyl groups excluding tert-OH is 1. The summed E-state index contributed by atoms with van der Waals surface area (Å²) in [5.41, 5.74) is 0. The summed E-state index contributed by atoms with van der Waals surface area (Å²) in [6.45, 7) is -4.05. The van der Waals surface area contributed by atoms with E-state index in [1.165, 1.54) is 0 Å². The molecular weight excluding hydrogens is 296 g/mol. The minimum Gasteiger partial charge on any atom is -0.376 e. The number of rotatable bonds is 5. The maximum absolute atomic E-state index is 12.2. The number of halogens is 6. The zero-order valence-electron chi connectivity index (χ0n) is 9.70. The molecule has 0 bridgehead atoms. The third-order valence-electron chi connectivity index (χ3n) is 1.83. The first kappa shape index (κ1) is 16.2. The number of hydrogen-bond acceptors (Lipinski definition) is 6. The predicted octanol–water partition coefficient (Wildman–Crippen LogP) is 1.16. The second-order valence-corrected chi connectivity index (χ2v) is 3.53. The highest BCUT2D eigenvalue weighted by atomic mass is 19.4. The molecule has 0 spiro atoms. The molecule has 0 aliphatic carbocycles. The van der Waals surface area contributed by atoms with Gasteiger partial charge >= 0.3 is 12.4 Å². The molecule has 1 heterocycles. The maximum atomic E-state index is 12.2. The van der Waals surface area contributed by atoms with Crippen LogP contribution in [0, 0.1) is 0 Å². The fourth-order valence-electron chi connectivity index (χ4n) is 1.10. The molecule has 20 heavy (non-hydrogen) atoms. The van der Waals surface area contributed by atoms with Gasteiger partial charge in [0.1, 0.15) is 26.1 Å². The van der Waals surface area contributed by atoms with E-state index in [1.54, 1.807) is 5.32 Å². The lowest BCUT2D eigenvalue weighted by Gasteiger charge is -2.21. The molecule has 0 radical (unpaired) electrons. The molecule has 0 unspecified atom stereocenters. The fraction of sp³-hybridized carbons (Fsp3) is 0.625. The lowest BCUT2D eigenvalue weighted by atomic mass is 10.5. The zero-order chi connectivity index (χ0) is 15.4. The minimum absolute atomic E-state index is 0.334. The molecule has 0 amide bonds. The normalized spacial score (nSPS) is 12.3.